The van der Waals surface area contributed by atoms with Crippen LogP contribution < -0.4 is 5.73 Å². The number of aromatic nitrogens is 2. The molecule has 0 atom stereocenters. The molecule has 7 heteroatoms. The number of alkyl halides is 3. The molecule has 0 saturated carbocycles. The first-order valence-corrected chi connectivity index (χ1v) is 6.54. The summed E-state index contributed by atoms with van der Waals surface area (Å²) in [6, 6.07) is 6.53. The predicted molar refractivity (Wildman–Crippen MR) is 71.5 cm³/mol. The second-order valence-corrected chi connectivity index (χ2v) is 5.39. The van der Waals surface area contributed by atoms with Crippen molar-refractivity contribution < 1.29 is 13.2 Å². The van der Waals surface area contributed by atoms with Gasteiger partial charge in [0, 0.05) is 11.0 Å². The van der Waals surface area contributed by atoms with Crippen LogP contribution in [0.3, 0.4) is 0 Å². The number of anilines is 1. The van der Waals surface area contributed by atoms with E-state index in [2.05, 4.69) is 9.97 Å². The molecule has 1 heterocycles. The van der Waals surface area contributed by atoms with Gasteiger partial charge in [0.25, 0.3) is 0 Å². The van der Waals surface area contributed by atoms with E-state index < -0.39 is 11.9 Å². The minimum Gasteiger partial charge on any atom is -0.368 e. The van der Waals surface area contributed by atoms with Crippen LogP contribution in [0, 0.1) is 13.8 Å². The lowest BCUT2D eigenvalue weighted by molar-refractivity contribution is -0.141. The topological polar surface area (TPSA) is 51.8 Å². The van der Waals surface area contributed by atoms with Crippen LogP contribution in [-0.4, -0.2) is 9.97 Å². The number of aryl methyl sites for hydroxylation is 2. The van der Waals surface area contributed by atoms with Gasteiger partial charge >= 0.3 is 6.18 Å². The second kappa shape index (κ2) is 5.32. The van der Waals surface area contributed by atoms with E-state index in [1.54, 1.807) is 0 Å². The largest absolute Gasteiger partial charge is 0.433 e. The smallest absolute Gasteiger partial charge is 0.368 e. The molecule has 1 aromatic carbocycles. The van der Waals surface area contributed by atoms with Crippen molar-refractivity contribution in [2.45, 2.75) is 29.9 Å². The van der Waals surface area contributed by atoms with Crippen molar-refractivity contribution in [3.8, 4) is 0 Å². The van der Waals surface area contributed by atoms with Gasteiger partial charge in [0.15, 0.2) is 5.69 Å². The van der Waals surface area contributed by atoms with E-state index >= 15 is 0 Å². The highest BCUT2D eigenvalue weighted by atomic mass is 32.2. The van der Waals surface area contributed by atoms with Crippen molar-refractivity contribution >= 4 is 17.7 Å². The van der Waals surface area contributed by atoms with Crippen LogP contribution in [0.4, 0.5) is 19.1 Å². The van der Waals surface area contributed by atoms with Crippen molar-refractivity contribution in [1.29, 1.82) is 0 Å². The Balaban J connectivity index is 2.33. The summed E-state index contributed by atoms with van der Waals surface area (Å²) < 4.78 is 37.9. The van der Waals surface area contributed by atoms with E-state index in [0.29, 0.717) is 0 Å². The molecular weight excluding hydrogens is 287 g/mol. The molecule has 3 nitrogen and oxygen atoms in total. The van der Waals surface area contributed by atoms with E-state index in [9.17, 15) is 13.2 Å². The Kier molecular flexibility index (Phi) is 3.89. The van der Waals surface area contributed by atoms with Gasteiger partial charge in [0.2, 0.25) is 5.95 Å². The first-order chi connectivity index (χ1) is 9.25. The molecule has 0 aliphatic rings. The molecule has 0 saturated heterocycles. The molecule has 2 N–H and O–H groups in total. The molecule has 0 unspecified atom stereocenters. The molecule has 0 aliphatic heterocycles. The lowest BCUT2D eigenvalue weighted by atomic mass is 10.1. The quantitative estimate of drug-likeness (QED) is 0.856. The van der Waals surface area contributed by atoms with Crippen LogP contribution in [0.2, 0.25) is 0 Å². The molecule has 1 aromatic heterocycles. The van der Waals surface area contributed by atoms with Gasteiger partial charge in [-0.05, 0) is 37.1 Å². The molecule has 0 fully saturated rings. The molecule has 0 bridgehead atoms. The standard InChI is InChI=1S/C13H12F3N3S/c1-7-3-4-9(5-8(7)2)20-11-6-10(13(14,15)16)18-12(17)19-11/h3-6H,1-2H3,(H2,17,18,19). The molecule has 0 radical (unpaired) electrons. The zero-order chi connectivity index (χ0) is 14.9. The fourth-order valence-corrected chi connectivity index (χ4v) is 2.46. The molecule has 0 amide bonds. The van der Waals surface area contributed by atoms with E-state index in [-0.39, 0.29) is 11.0 Å². The Morgan fingerprint density at radius 1 is 1.05 bits per heavy atom. The van der Waals surface area contributed by atoms with Crippen molar-refractivity contribution in [2.75, 3.05) is 5.73 Å². The van der Waals surface area contributed by atoms with E-state index in [4.69, 9.17) is 5.73 Å². The monoisotopic (exact) mass is 299 g/mol. The van der Waals surface area contributed by atoms with Crippen LogP contribution in [0.1, 0.15) is 16.8 Å². The first kappa shape index (κ1) is 14.6. The summed E-state index contributed by atoms with van der Waals surface area (Å²) in [5, 5.41) is 0.174. The average molecular weight is 299 g/mol. The van der Waals surface area contributed by atoms with Crippen LogP contribution in [0.5, 0.6) is 0 Å². The van der Waals surface area contributed by atoms with Gasteiger partial charge in [-0.2, -0.15) is 13.2 Å². The SMILES string of the molecule is Cc1ccc(Sc2cc(C(F)(F)F)nc(N)n2)cc1C. The van der Waals surface area contributed by atoms with Crippen molar-refractivity contribution in [1.82, 2.24) is 9.97 Å². The van der Waals surface area contributed by atoms with Gasteiger partial charge in [-0.15, -0.1) is 0 Å². The zero-order valence-corrected chi connectivity index (χ0v) is 11.6. The lowest BCUT2D eigenvalue weighted by Crippen LogP contribution is -2.11. The predicted octanol–water partition coefficient (Wildman–Crippen LogP) is 3.85. The van der Waals surface area contributed by atoms with Gasteiger partial charge in [0.1, 0.15) is 5.03 Å². The molecule has 0 aliphatic carbocycles. The third-order valence-corrected chi connectivity index (χ3v) is 3.62. The fourth-order valence-electron chi connectivity index (χ4n) is 1.54. The van der Waals surface area contributed by atoms with Crippen LogP contribution in [-0.2, 0) is 6.18 Å². The molecule has 106 valence electrons. The van der Waals surface area contributed by atoms with E-state index in [0.717, 1.165) is 33.9 Å². The van der Waals surface area contributed by atoms with Crippen LogP contribution >= 0.6 is 11.8 Å². The molecule has 20 heavy (non-hydrogen) atoms. The minimum atomic E-state index is -4.53. The normalized spacial score (nSPS) is 11.7. The highest BCUT2D eigenvalue weighted by molar-refractivity contribution is 7.99. The number of nitrogen functional groups attached to an aromatic ring is 1. The second-order valence-electron chi connectivity index (χ2n) is 4.30. The average Bonchev–Trinajstić information content (AvgIpc) is 2.32. The third kappa shape index (κ3) is 3.41. The number of nitrogens with zero attached hydrogens (tertiary/aromatic N) is 2. The Bertz CT molecular complexity index is 641. The van der Waals surface area contributed by atoms with Gasteiger partial charge in [0.05, 0.1) is 0 Å². The molecule has 0 spiro atoms. The number of rotatable bonds is 2. The number of hydrogen-bond donors (Lipinski definition) is 1. The van der Waals surface area contributed by atoms with Gasteiger partial charge in [-0.1, -0.05) is 17.8 Å². The maximum atomic E-state index is 12.6. The highest BCUT2D eigenvalue weighted by Gasteiger charge is 2.33. The minimum absolute atomic E-state index is 0.174. The summed E-state index contributed by atoms with van der Waals surface area (Å²) in [5.74, 6) is -0.383. The number of halogens is 3. The molecular formula is C13H12F3N3S. The van der Waals surface area contributed by atoms with E-state index in [1.165, 1.54) is 0 Å². The molecule has 2 aromatic rings. The summed E-state index contributed by atoms with van der Waals surface area (Å²) in [4.78, 5) is 7.84. The zero-order valence-electron chi connectivity index (χ0n) is 10.8. The van der Waals surface area contributed by atoms with Crippen molar-refractivity contribution in [3.05, 3.63) is 41.1 Å². The summed E-state index contributed by atoms with van der Waals surface area (Å²) in [5.41, 5.74) is 6.48. The van der Waals surface area contributed by atoms with Crippen LogP contribution in [0.15, 0.2) is 34.2 Å². The van der Waals surface area contributed by atoms with Crippen molar-refractivity contribution in [3.63, 3.8) is 0 Å². The fraction of sp³-hybridized carbons (Fsp3) is 0.231. The Labute approximate surface area is 118 Å². The molecule has 2 rings (SSSR count). The first-order valence-electron chi connectivity index (χ1n) is 5.72. The van der Waals surface area contributed by atoms with E-state index in [1.807, 2.05) is 32.0 Å². The summed E-state index contributed by atoms with van der Waals surface area (Å²) in [7, 11) is 0. The van der Waals surface area contributed by atoms with Gasteiger partial charge in [-0.25, -0.2) is 9.97 Å². The number of nitrogens with two attached hydrogens (primary N) is 1. The number of hydrogen-bond acceptors (Lipinski definition) is 4. The Morgan fingerprint density at radius 2 is 1.75 bits per heavy atom. The summed E-state index contributed by atoms with van der Waals surface area (Å²) in [6.45, 7) is 3.91. The van der Waals surface area contributed by atoms with Crippen molar-refractivity contribution in [2.24, 2.45) is 0 Å². The maximum absolute atomic E-state index is 12.6. The summed E-state index contributed by atoms with van der Waals surface area (Å²) >= 11 is 1.12. The maximum Gasteiger partial charge on any atom is 0.433 e. The third-order valence-electron chi connectivity index (χ3n) is 2.71. The highest BCUT2D eigenvalue weighted by Crippen LogP contribution is 2.33. The van der Waals surface area contributed by atoms with Gasteiger partial charge in [-0.3, -0.25) is 0 Å². The lowest BCUT2D eigenvalue weighted by Gasteiger charge is -2.09. The van der Waals surface area contributed by atoms with Gasteiger partial charge < -0.3 is 5.73 Å². The Hall–Kier alpha value is -1.76. The summed E-state index contributed by atoms with van der Waals surface area (Å²) in [6.07, 6.45) is -4.53. The number of benzene rings is 1. The van der Waals surface area contributed by atoms with Crippen LogP contribution in [0.25, 0.3) is 0 Å². The Morgan fingerprint density at radius 3 is 2.35 bits per heavy atom.